The van der Waals surface area contributed by atoms with Gasteiger partial charge in [0.2, 0.25) is 11.8 Å². The van der Waals surface area contributed by atoms with E-state index < -0.39 is 35.7 Å². The second-order valence-corrected chi connectivity index (χ2v) is 11.4. The lowest BCUT2D eigenvalue weighted by molar-refractivity contribution is -0.189. The molecule has 10 nitrogen and oxygen atoms in total. The van der Waals surface area contributed by atoms with E-state index in [2.05, 4.69) is 5.09 Å². The monoisotopic (exact) mass is 544 g/mol. The average molecular weight is 545 g/mol. The third-order valence-corrected chi connectivity index (χ3v) is 8.01. The summed E-state index contributed by atoms with van der Waals surface area (Å²) in [6, 6.07) is 21.8. The van der Waals surface area contributed by atoms with Crippen molar-refractivity contribution < 1.29 is 35.9 Å². The van der Waals surface area contributed by atoms with E-state index in [1.165, 1.54) is 12.1 Å². The molecule has 12 heteroatoms. The molecule has 0 radical (unpaired) electrons. The first kappa shape index (κ1) is 26.4. The van der Waals surface area contributed by atoms with Crippen LogP contribution in [0.5, 0.6) is 11.5 Å². The molecule has 4 rings (SSSR count). The highest BCUT2D eigenvalue weighted by Crippen LogP contribution is 2.45. The molecular weight excluding hydrogens is 519 g/mol. The molecule has 0 aromatic heterocycles. The van der Waals surface area contributed by atoms with Gasteiger partial charge < -0.3 is 9.05 Å². The fourth-order valence-corrected chi connectivity index (χ4v) is 5.77. The molecule has 0 spiro atoms. The Morgan fingerprint density at radius 2 is 1.49 bits per heavy atom. The summed E-state index contributed by atoms with van der Waals surface area (Å²) in [4.78, 5) is 24.6. The Labute approximate surface area is 214 Å². The summed E-state index contributed by atoms with van der Waals surface area (Å²) in [5, 5.41) is 3.06. The zero-order chi connectivity index (χ0) is 26.5. The van der Waals surface area contributed by atoms with E-state index >= 15 is 0 Å². The minimum Gasteiger partial charge on any atom is -0.400 e. The van der Waals surface area contributed by atoms with Crippen LogP contribution in [-0.4, -0.2) is 31.3 Å². The average Bonchev–Trinajstić information content (AvgIpc) is 2.86. The predicted octanol–water partition coefficient (Wildman–Crippen LogP) is 4.38. The molecule has 1 atom stereocenters. The van der Waals surface area contributed by atoms with E-state index in [1.807, 2.05) is 6.92 Å². The van der Waals surface area contributed by atoms with Crippen LogP contribution >= 0.6 is 7.75 Å². The molecule has 0 unspecified atom stereocenters. The number of hydroxylamine groups is 2. The number of carbonyl (C=O) groups excluding carboxylic acids is 2. The zero-order valence-electron chi connectivity index (χ0n) is 19.9. The van der Waals surface area contributed by atoms with Crippen LogP contribution in [0.1, 0.15) is 24.8 Å². The third kappa shape index (κ3) is 6.97. The van der Waals surface area contributed by atoms with Crippen molar-refractivity contribution in [1.29, 1.82) is 0 Å². The predicted molar refractivity (Wildman–Crippen MR) is 134 cm³/mol. The Morgan fingerprint density at radius 3 is 2.00 bits per heavy atom. The summed E-state index contributed by atoms with van der Waals surface area (Å²) in [5.41, 5.74) is 0.868. The SMILES string of the molecule is Cc1ccc(S(=O)(=O)ON2C(=O)C[C@H]2CCC(=O)NP(=O)(Oc2ccccc2)Oc2ccccc2)cc1. The highest BCUT2D eigenvalue weighted by molar-refractivity contribution is 7.86. The van der Waals surface area contributed by atoms with Gasteiger partial charge >= 0.3 is 17.9 Å². The highest BCUT2D eigenvalue weighted by atomic mass is 32.2. The van der Waals surface area contributed by atoms with E-state index in [0.717, 1.165) is 10.6 Å². The molecule has 1 fully saturated rings. The Bertz CT molecular complexity index is 1350. The molecule has 1 aliphatic rings. The number of hydrogen-bond donors (Lipinski definition) is 1. The fraction of sp³-hybridized carbons (Fsp3) is 0.200. The maximum absolute atomic E-state index is 13.4. The number of para-hydroxylation sites is 2. The number of aryl methyl sites for hydroxylation is 1. The van der Waals surface area contributed by atoms with Crippen LogP contribution in [0.3, 0.4) is 0 Å². The number of rotatable bonds is 11. The summed E-state index contributed by atoms with van der Waals surface area (Å²) < 4.78 is 54.6. The number of β-lactam (4-membered cyclic amide) rings is 1. The maximum atomic E-state index is 13.4. The number of nitrogens with zero attached hydrogens (tertiary/aromatic N) is 1. The molecule has 2 amide bonds. The number of hydrogen-bond acceptors (Lipinski definition) is 8. The highest BCUT2D eigenvalue weighted by Gasteiger charge is 2.41. The lowest BCUT2D eigenvalue weighted by Crippen LogP contribution is -2.53. The molecule has 0 saturated carbocycles. The van der Waals surface area contributed by atoms with Gasteiger partial charge in [-0.25, -0.2) is 9.65 Å². The van der Waals surface area contributed by atoms with Gasteiger partial charge in [0.1, 0.15) is 11.5 Å². The number of amides is 2. The standard InChI is InChI=1S/C25H25N2O8PS/c1-19-12-15-23(16-13-19)37(31,32)35-27-20(18-25(27)29)14-17-24(28)26-36(30,33-21-8-4-2-5-9-21)34-22-10-6-3-7-11-22/h2-13,15-16,20H,14,17-18H2,1H3,(H,26,28,30)/t20-/m1/s1. The Morgan fingerprint density at radius 1 is 0.946 bits per heavy atom. The maximum Gasteiger partial charge on any atom is 0.543 e. The topological polar surface area (TPSA) is 128 Å². The summed E-state index contributed by atoms with van der Waals surface area (Å²) in [6.07, 6.45) is -0.115. The van der Waals surface area contributed by atoms with Crippen LogP contribution in [-0.2, 0) is 28.6 Å². The van der Waals surface area contributed by atoms with Crippen LogP contribution < -0.4 is 14.1 Å². The minimum absolute atomic E-state index is 0.00931. The first-order chi connectivity index (χ1) is 17.6. The normalized spacial score (nSPS) is 15.5. The van der Waals surface area contributed by atoms with Crippen LogP contribution in [0, 0.1) is 6.92 Å². The van der Waals surface area contributed by atoms with E-state index in [0.29, 0.717) is 0 Å². The molecule has 1 N–H and O–H groups in total. The summed E-state index contributed by atoms with van der Waals surface area (Å²) in [7, 11) is -8.40. The van der Waals surface area contributed by atoms with Crippen molar-refractivity contribution in [3.8, 4) is 11.5 Å². The van der Waals surface area contributed by atoms with Crippen molar-refractivity contribution in [2.24, 2.45) is 0 Å². The molecule has 194 valence electrons. The smallest absolute Gasteiger partial charge is 0.400 e. The lowest BCUT2D eigenvalue weighted by Gasteiger charge is -2.37. The summed E-state index contributed by atoms with van der Waals surface area (Å²) in [5.74, 6) is -0.734. The largest absolute Gasteiger partial charge is 0.543 e. The van der Waals surface area contributed by atoms with Gasteiger partial charge in [-0.1, -0.05) is 54.1 Å². The molecule has 0 bridgehead atoms. The Hall–Kier alpha value is -3.66. The molecule has 37 heavy (non-hydrogen) atoms. The van der Waals surface area contributed by atoms with Crippen molar-refractivity contribution in [1.82, 2.24) is 10.2 Å². The van der Waals surface area contributed by atoms with Crippen LogP contribution in [0.15, 0.2) is 89.8 Å². The molecule has 1 saturated heterocycles. The molecule has 3 aromatic rings. The minimum atomic E-state index is -4.22. The zero-order valence-corrected chi connectivity index (χ0v) is 21.6. The first-order valence-corrected chi connectivity index (χ1v) is 14.3. The van der Waals surface area contributed by atoms with E-state index in [9.17, 15) is 22.6 Å². The van der Waals surface area contributed by atoms with Crippen molar-refractivity contribution >= 4 is 29.7 Å². The number of nitrogens with one attached hydrogen (secondary N) is 1. The molecule has 3 aromatic carbocycles. The summed E-state index contributed by atoms with van der Waals surface area (Å²) >= 11 is 0. The van der Waals surface area contributed by atoms with Gasteiger partial charge in [-0.2, -0.15) is 13.5 Å². The van der Waals surface area contributed by atoms with E-state index in [4.69, 9.17) is 13.3 Å². The van der Waals surface area contributed by atoms with Crippen molar-refractivity contribution in [2.75, 3.05) is 0 Å². The number of carbonyl (C=O) groups is 2. The number of benzene rings is 3. The van der Waals surface area contributed by atoms with Crippen molar-refractivity contribution in [2.45, 2.75) is 37.1 Å². The van der Waals surface area contributed by atoms with Crippen LogP contribution in [0.4, 0.5) is 0 Å². The quantitative estimate of drug-likeness (QED) is 0.278. The van der Waals surface area contributed by atoms with Crippen LogP contribution in [0.25, 0.3) is 0 Å². The third-order valence-electron chi connectivity index (χ3n) is 5.38. The van der Waals surface area contributed by atoms with Gasteiger partial charge in [-0.15, -0.1) is 4.28 Å². The molecule has 1 heterocycles. The van der Waals surface area contributed by atoms with Gasteiger partial charge in [0, 0.05) is 6.42 Å². The van der Waals surface area contributed by atoms with Crippen molar-refractivity contribution in [3.05, 3.63) is 90.5 Å². The molecule has 0 aliphatic carbocycles. The van der Waals surface area contributed by atoms with Gasteiger partial charge in [0.05, 0.1) is 17.4 Å². The molecule has 1 aliphatic heterocycles. The van der Waals surface area contributed by atoms with Crippen molar-refractivity contribution in [3.63, 3.8) is 0 Å². The van der Waals surface area contributed by atoms with Crippen LogP contribution in [0.2, 0.25) is 0 Å². The summed E-state index contributed by atoms with van der Waals surface area (Å²) in [6.45, 7) is 1.81. The first-order valence-electron chi connectivity index (χ1n) is 11.4. The van der Waals surface area contributed by atoms with E-state index in [1.54, 1.807) is 72.8 Å². The fourth-order valence-electron chi connectivity index (χ4n) is 3.45. The van der Waals surface area contributed by atoms with Gasteiger partial charge in [0.15, 0.2) is 0 Å². The Balaban J connectivity index is 1.38. The lowest BCUT2D eigenvalue weighted by atomic mass is 10.00. The van der Waals surface area contributed by atoms with Gasteiger partial charge in [0.25, 0.3) is 0 Å². The van der Waals surface area contributed by atoms with Gasteiger partial charge in [-0.3, -0.25) is 9.59 Å². The second kappa shape index (κ2) is 11.2. The van der Waals surface area contributed by atoms with E-state index in [-0.39, 0.29) is 35.7 Å². The second-order valence-electron chi connectivity index (χ2n) is 8.30. The molecular formula is C25H25N2O8PS. The Kier molecular flexibility index (Phi) is 7.97. The van der Waals surface area contributed by atoms with Gasteiger partial charge in [-0.05, 0) is 49.7 Å².